The van der Waals surface area contributed by atoms with Gasteiger partial charge in [0.15, 0.2) is 0 Å². The molecule has 0 N–H and O–H groups in total. The predicted octanol–water partition coefficient (Wildman–Crippen LogP) is 2.04. The summed E-state index contributed by atoms with van der Waals surface area (Å²) in [5.41, 5.74) is -0.615. The Morgan fingerprint density at radius 3 is 2.73 bits per heavy atom. The van der Waals surface area contributed by atoms with Crippen molar-refractivity contribution >= 4 is 6.98 Å². The van der Waals surface area contributed by atoms with Crippen LogP contribution in [0.1, 0.15) is 13.3 Å². The fourth-order valence-corrected chi connectivity index (χ4v) is 1.64. The van der Waals surface area contributed by atoms with Gasteiger partial charge in [-0.1, -0.05) is 6.92 Å². The minimum absolute atomic E-state index is 0.0780. The van der Waals surface area contributed by atoms with Gasteiger partial charge in [0.25, 0.3) is 0 Å². The van der Waals surface area contributed by atoms with Crippen molar-refractivity contribution in [3.8, 4) is 0 Å². The average Bonchev–Trinajstić information content (AvgIpc) is 2.17. The van der Waals surface area contributed by atoms with E-state index in [4.69, 9.17) is 4.74 Å². The third kappa shape index (κ3) is 3.54. The molecule has 0 spiro atoms. The molecule has 0 aliphatic carbocycles. The summed E-state index contributed by atoms with van der Waals surface area (Å²) in [5, 5.41) is 0. The summed E-state index contributed by atoms with van der Waals surface area (Å²) in [5.74, 6) is 0. The van der Waals surface area contributed by atoms with Crippen molar-refractivity contribution in [3.63, 3.8) is 0 Å². The van der Waals surface area contributed by atoms with Gasteiger partial charge >= 0.3 is 6.98 Å². The number of ether oxygens (including phenoxy) is 1. The van der Waals surface area contributed by atoms with Crippen molar-refractivity contribution in [1.29, 1.82) is 0 Å². The largest absolute Gasteiger partial charge is 0.506 e. The van der Waals surface area contributed by atoms with Crippen LogP contribution in [-0.4, -0.2) is 44.2 Å². The smallest absolute Gasteiger partial charge is 0.445 e. The molecule has 1 rings (SSSR count). The van der Waals surface area contributed by atoms with Crippen LogP contribution < -0.4 is 0 Å². The van der Waals surface area contributed by atoms with E-state index in [0.717, 1.165) is 6.42 Å². The zero-order chi connectivity index (χ0) is 11.5. The molecule has 1 saturated heterocycles. The van der Waals surface area contributed by atoms with Crippen molar-refractivity contribution in [1.82, 2.24) is 4.90 Å². The molecule has 0 radical (unpaired) electrons. The average molecular weight is 222 g/mol. The molecule has 0 aromatic carbocycles. The molecule has 0 saturated carbocycles. The Balaban J connectivity index is 2.52. The van der Waals surface area contributed by atoms with Crippen molar-refractivity contribution in [2.45, 2.75) is 19.4 Å². The van der Waals surface area contributed by atoms with Crippen LogP contribution >= 0.6 is 0 Å². The van der Waals surface area contributed by atoms with E-state index in [-0.39, 0.29) is 12.6 Å². The zero-order valence-electron chi connectivity index (χ0n) is 8.89. The van der Waals surface area contributed by atoms with Gasteiger partial charge in [0.2, 0.25) is 0 Å². The number of hydrogen-bond donors (Lipinski definition) is 0. The standard InChI is InChI=1S/C9H16BF3NO/c1-3-9-7-15-5-4-14(9)6-8(2)10(11,12)13/h9H,2-7H2,1H3/q-1. The second kappa shape index (κ2) is 5.03. The highest BCUT2D eigenvalue weighted by atomic mass is 19.4. The van der Waals surface area contributed by atoms with Crippen LogP contribution in [0.5, 0.6) is 0 Å². The highest BCUT2D eigenvalue weighted by Gasteiger charge is 2.30. The lowest BCUT2D eigenvalue weighted by atomic mass is 9.80. The molecule has 0 amide bonds. The number of morpholine rings is 1. The third-order valence-corrected chi connectivity index (χ3v) is 2.69. The summed E-state index contributed by atoms with van der Waals surface area (Å²) in [6, 6.07) is 0.0913. The predicted molar refractivity (Wildman–Crippen MR) is 54.7 cm³/mol. The number of hydrogen-bond acceptors (Lipinski definition) is 2. The van der Waals surface area contributed by atoms with E-state index in [9.17, 15) is 12.9 Å². The van der Waals surface area contributed by atoms with E-state index in [2.05, 4.69) is 6.58 Å². The normalized spacial score (nSPS) is 24.1. The van der Waals surface area contributed by atoms with Crippen molar-refractivity contribution in [2.24, 2.45) is 0 Å². The highest BCUT2D eigenvalue weighted by Crippen LogP contribution is 2.21. The van der Waals surface area contributed by atoms with E-state index in [1.54, 1.807) is 4.90 Å². The van der Waals surface area contributed by atoms with E-state index in [1.165, 1.54) is 0 Å². The summed E-state index contributed by atoms with van der Waals surface area (Å²) in [4.78, 5) is 1.81. The molecule has 15 heavy (non-hydrogen) atoms. The SMILES string of the molecule is C=C(CN1CCOCC1CC)[B-](F)(F)F. The van der Waals surface area contributed by atoms with Gasteiger partial charge in [-0.2, -0.15) is 0 Å². The molecule has 0 aromatic rings. The van der Waals surface area contributed by atoms with E-state index in [1.807, 2.05) is 6.92 Å². The Kier molecular flexibility index (Phi) is 4.22. The lowest BCUT2D eigenvalue weighted by molar-refractivity contribution is -0.00366. The van der Waals surface area contributed by atoms with E-state index >= 15 is 0 Å². The van der Waals surface area contributed by atoms with Crippen molar-refractivity contribution < 1.29 is 17.7 Å². The van der Waals surface area contributed by atoms with Gasteiger partial charge in [0, 0.05) is 12.6 Å². The first kappa shape index (κ1) is 12.6. The molecule has 6 heteroatoms. The Morgan fingerprint density at radius 2 is 2.20 bits per heavy atom. The molecule has 1 fully saturated rings. The first-order valence-corrected chi connectivity index (χ1v) is 5.14. The van der Waals surface area contributed by atoms with Crippen LogP contribution in [0.4, 0.5) is 12.9 Å². The van der Waals surface area contributed by atoms with Gasteiger partial charge in [-0.05, 0) is 13.0 Å². The zero-order valence-corrected chi connectivity index (χ0v) is 8.89. The van der Waals surface area contributed by atoms with Crippen LogP contribution in [0.25, 0.3) is 0 Å². The molecule has 0 bridgehead atoms. The second-order valence-electron chi connectivity index (χ2n) is 3.84. The van der Waals surface area contributed by atoms with Gasteiger partial charge in [0.1, 0.15) is 0 Å². The number of nitrogens with zero attached hydrogens (tertiary/aromatic N) is 1. The monoisotopic (exact) mass is 222 g/mol. The fraction of sp³-hybridized carbons (Fsp3) is 0.778. The van der Waals surface area contributed by atoms with E-state index < -0.39 is 12.4 Å². The molecule has 88 valence electrons. The molecule has 2 nitrogen and oxygen atoms in total. The summed E-state index contributed by atoms with van der Waals surface area (Å²) in [6.07, 6.45) is 0.804. The van der Waals surface area contributed by atoms with Crippen molar-refractivity contribution in [3.05, 3.63) is 12.1 Å². The quantitative estimate of drug-likeness (QED) is 0.675. The molecule has 1 aliphatic heterocycles. The number of rotatable bonds is 4. The summed E-state index contributed by atoms with van der Waals surface area (Å²) in [6.45, 7) is 1.67. The van der Waals surface area contributed by atoms with Crippen LogP contribution in [0, 0.1) is 0 Å². The molecule has 1 heterocycles. The van der Waals surface area contributed by atoms with Crippen LogP contribution in [0.3, 0.4) is 0 Å². The molecular formula is C9H16BF3NO-. The van der Waals surface area contributed by atoms with Crippen molar-refractivity contribution in [2.75, 3.05) is 26.3 Å². The second-order valence-corrected chi connectivity index (χ2v) is 3.84. The maximum Gasteiger partial charge on any atom is 0.506 e. The molecule has 1 atom stereocenters. The Labute approximate surface area is 88.1 Å². The molecule has 1 aliphatic rings. The highest BCUT2D eigenvalue weighted by molar-refractivity contribution is 6.66. The van der Waals surface area contributed by atoms with Gasteiger partial charge < -0.3 is 17.7 Å². The lowest BCUT2D eigenvalue weighted by Crippen LogP contribution is -2.47. The molecular weight excluding hydrogens is 206 g/mol. The maximum absolute atomic E-state index is 12.3. The Morgan fingerprint density at radius 1 is 1.53 bits per heavy atom. The topological polar surface area (TPSA) is 12.5 Å². The minimum Gasteiger partial charge on any atom is -0.445 e. The number of halogens is 3. The van der Waals surface area contributed by atoms with Gasteiger partial charge in [0.05, 0.1) is 13.2 Å². The molecule has 1 unspecified atom stereocenters. The minimum atomic E-state index is -4.90. The Bertz CT molecular complexity index is 232. The first-order valence-electron chi connectivity index (χ1n) is 5.14. The van der Waals surface area contributed by atoms with Gasteiger partial charge in [-0.3, -0.25) is 4.90 Å². The fourth-order valence-electron chi connectivity index (χ4n) is 1.64. The Hall–Kier alpha value is -0.485. The summed E-state index contributed by atoms with van der Waals surface area (Å²) in [7, 11) is 0. The maximum atomic E-state index is 12.3. The van der Waals surface area contributed by atoms with Gasteiger partial charge in [-0.25, -0.2) is 0 Å². The molecule has 0 aromatic heterocycles. The first-order chi connectivity index (χ1) is 6.95. The van der Waals surface area contributed by atoms with Crippen LogP contribution in [-0.2, 0) is 4.74 Å². The van der Waals surface area contributed by atoms with Crippen LogP contribution in [0.2, 0.25) is 0 Å². The summed E-state index contributed by atoms with van der Waals surface area (Å²) >= 11 is 0. The van der Waals surface area contributed by atoms with Gasteiger partial charge in [-0.15, -0.1) is 12.1 Å². The third-order valence-electron chi connectivity index (χ3n) is 2.69. The van der Waals surface area contributed by atoms with Crippen LogP contribution in [0.15, 0.2) is 12.1 Å². The lowest BCUT2D eigenvalue weighted by Gasteiger charge is -2.37. The van der Waals surface area contributed by atoms with E-state index in [0.29, 0.717) is 19.8 Å². The summed E-state index contributed by atoms with van der Waals surface area (Å²) < 4.78 is 42.2.